The predicted octanol–water partition coefficient (Wildman–Crippen LogP) is 3.84. The number of nitrogens with one attached hydrogen (secondary N) is 1. The number of ether oxygens (including phenoxy) is 4. The highest BCUT2D eigenvalue weighted by Crippen LogP contribution is 2.39. The van der Waals surface area contributed by atoms with Crippen LogP contribution in [0.5, 0.6) is 23.0 Å². The number of nitrogens with zero attached hydrogens (tertiary/aromatic N) is 3. The van der Waals surface area contributed by atoms with E-state index in [0.29, 0.717) is 35.1 Å². The number of likely N-dealkylation sites (N-methyl/N-ethyl adjacent to an activating group) is 1. The lowest BCUT2D eigenvalue weighted by molar-refractivity contribution is -0.133. The second kappa shape index (κ2) is 11.4. The topological polar surface area (TPSA) is 102 Å². The third-order valence-corrected chi connectivity index (χ3v) is 5.88. The van der Waals surface area contributed by atoms with Crippen molar-refractivity contribution in [3.8, 4) is 23.0 Å². The average Bonchev–Trinajstić information content (AvgIpc) is 3.32. The van der Waals surface area contributed by atoms with E-state index >= 15 is 0 Å². The van der Waals surface area contributed by atoms with Crippen molar-refractivity contribution in [2.24, 2.45) is 5.10 Å². The van der Waals surface area contributed by atoms with E-state index in [1.165, 1.54) is 9.91 Å². The van der Waals surface area contributed by atoms with Crippen molar-refractivity contribution in [1.82, 2.24) is 15.2 Å². The molecule has 0 spiro atoms. The minimum Gasteiger partial charge on any atom is -0.497 e. The van der Waals surface area contributed by atoms with Crippen molar-refractivity contribution < 1.29 is 28.5 Å². The van der Waals surface area contributed by atoms with Gasteiger partial charge in [0.2, 0.25) is 0 Å². The summed E-state index contributed by atoms with van der Waals surface area (Å²) in [6, 6.07) is 10.2. The number of hydrogen-bond acceptors (Lipinski definition) is 7. The molecule has 37 heavy (non-hydrogen) atoms. The molecule has 0 saturated carbocycles. The van der Waals surface area contributed by atoms with Crippen molar-refractivity contribution in [3.05, 3.63) is 47.5 Å². The Morgan fingerprint density at radius 1 is 0.973 bits per heavy atom. The van der Waals surface area contributed by atoms with Gasteiger partial charge in [-0.3, -0.25) is 4.79 Å². The van der Waals surface area contributed by atoms with Crippen molar-refractivity contribution >= 4 is 17.6 Å². The van der Waals surface area contributed by atoms with Crippen molar-refractivity contribution in [3.63, 3.8) is 0 Å². The maximum atomic E-state index is 13.5. The number of hydrazone groups is 1. The quantitative estimate of drug-likeness (QED) is 0.577. The molecule has 0 saturated heterocycles. The molecule has 3 amide bonds. The molecule has 1 atom stereocenters. The van der Waals surface area contributed by atoms with Crippen LogP contribution in [0.4, 0.5) is 4.79 Å². The first-order valence-electron chi connectivity index (χ1n) is 11.9. The minimum atomic E-state index is -0.430. The van der Waals surface area contributed by atoms with Crippen LogP contribution in [0.25, 0.3) is 0 Å². The summed E-state index contributed by atoms with van der Waals surface area (Å²) in [6.07, 6.45) is 0.432. The molecule has 1 aliphatic heterocycles. The summed E-state index contributed by atoms with van der Waals surface area (Å²) in [5.41, 5.74) is 1.82. The lowest BCUT2D eigenvalue weighted by atomic mass is 9.97. The standard InChI is InChI=1S/C27H36N4O6/c1-27(2,3)28-26(33)30(4)16-25(32)31-21(17-9-12-22(35-6)24(13-17)37-8)15-20(29-31)19-11-10-18(34-5)14-23(19)36-7/h9-14,21H,15-16H2,1-8H3,(H,28,33). The first-order chi connectivity index (χ1) is 17.5. The Morgan fingerprint density at radius 3 is 2.24 bits per heavy atom. The van der Waals surface area contributed by atoms with Gasteiger partial charge >= 0.3 is 6.03 Å². The number of carbonyl (C=O) groups is 2. The van der Waals surface area contributed by atoms with Gasteiger partial charge in [-0.05, 0) is 50.6 Å². The Morgan fingerprint density at radius 2 is 1.65 bits per heavy atom. The lowest BCUT2D eigenvalue weighted by Gasteiger charge is -2.28. The number of methoxy groups -OCH3 is 4. The molecule has 0 bridgehead atoms. The summed E-state index contributed by atoms with van der Waals surface area (Å²) >= 11 is 0. The van der Waals surface area contributed by atoms with Gasteiger partial charge in [-0.15, -0.1) is 0 Å². The second-order valence-corrected chi connectivity index (χ2v) is 9.72. The number of urea groups is 1. The van der Waals surface area contributed by atoms with Gasteiger partial charge in [-0.25, -0.2) is 9.80 Å². The Hall–Kier alpha value is -3.95. The van der Waals surface area contributed by atoms with Gasteiger partial charge in [0.1, 0.15) is 18.0 Å². The zero-order valence-electron chi connectivity index (χ0n) is 22.7. The van der Waals surface area contributed by atoms with E-state index < -0.39 is 11.6 Å². The van der Waals surface area contributed by atoms with Crippen LogP contribution in [0.3, 0.4) is 0 Å². The summed E-state index contributed by atoms with van der Waals surface area (Å²) in [6.45, 7) is 5.50. The van der Waals surface area contributed by atoms with E-state index in [2.05, 4.69) is 5.32 Å². The van der Waals surface area contributed by atoms with Crippen LogP contribution in [0.1, 0.15) is 44.4 Å². The fourth-order valence-electron chi connectivity index (χ4n) is 4.02. The van der Waals surface area contributed by atoms with E-state index in [4.69, 9.17) is 24.0 Å². The van der Waals surface area contributed by atoms with Gasteiger partial charge in [0.05, 0.1) is 40.2 Å². The first-order valence-corrected chi connectivity index (χ1v) is 11.9. The number of rotatable bonds is 8. The predicted molar refractivity (Wildman–Crippen MR) is 141 cm³/mol. The molecule has 10 nitrogen and oxygen atoms in total. The number of benzene rings is 2. The molecule has 0 aromatic heterocycles. The van der Waals surface area contributed by atoms with Crippen molar-refractivity contribution in [1.29, 1.82) is 0 Å². The summed E-state index contributed by atoms with van der Waals surface area (Å²) in [7, 11) is 7.87. The van der Waals surface area contributed by atoms with E-state index in [1.54, 1.807) is 47.6 Å². The molecule has 1 unspecified atom stereocenters. The lowest BCUT2D eigenvalue weighted by Crippen LogP contribution is -2.49. The highest BCUT2D eigenvalue weighted by Gasteiger charge is 2.35. The molecule has 1 aliphatic rings. The van der Waals surface area contributed by atoms with E-state index in [-0.39, 0.29) is 18.5 Å². The van der Waals surface area contributed by atoms with E-state index in [9.17, 15) is 9.59 Å². The molecule has 3 rings (SSSR count). The normalized spacial score (nSPS) is 15.1. The molecule has 2 aromatic carbocycles. The summed E-state index contributed by atoms with van der Waals surface area (Å²) in [5.74, 6) is 2.03. The smallest absolute Gasteiger partial charge is 0.318 e. The second-order valence-electron chi connectivity index (χ2n) is 9.72. The monoisotopic (exact) mass is 512 g/mol. The summed E-state index contributed by atoms with van der Waals surface area (Å²) < 4.78 is 21.8. The van der Waals surface area contributed by atoms with Gasteiger partial charge in [-0.2, -0.15) is 5.10 Å². The zero-order valence-corrected chi connectivity index (χ0v) is 22.7. The number of hydrogen-bond donors (Lipinski definition) is 1. The molecule has 1 heterocycles. The van der Waals surface area contributed by atoms with E-state index in [0.717, 1.165) is 11.1 Å². The maximum absolute atomic E-state index is 13.5. The van der Waals surface area contributed by atoms with Crippen LogP contribution in [-0.2, 0) is 4.79 Å². The highest BCUT2D eigenvalue weighted by molar-refractivity contribution is 6.05. The molecule has 0 radical (unpaired) electrons. The van der Waals surface area contributed by atoms with Crippen LogP contribution in [0.15, 0.2) is 41.5 Å². The van der Waals surface area contributed by atoms with E-state index in [1.807, 2.05) is 45.0 Å². The molecular formula is C27H36N4O6. The van der Waals surface area contributed by atoms with Crippen LogP contribution < -0.4 is 24.3 Å². The van der Waals surface area contributed by atoms with Crippen LogP contribution in [-0.4, -0.2) is 75.1 Å². The minimum absolute atomic E-state index is 0.151. The Labute approximate surface area is 218 Å². The molecule has 1 N–H and O–H groups in total. The molecule has 200 valence electrons. The van der Waals surface area contributed by atoms with Crippen LogP contribution >= 0.6 is 0 Å². The van der Waals surface area contributed by atoms with Crippen LogP contribution in [0, 0.1) is 0 Å². The average molecular weight is 513 g/mol. The largest absolute Gasteiger partial charge is 0.497 e. The number of carbonyl (C=O) groups excluding carboxylic acids is 2. The van der Waals surface area contributed by atoms with Crippen LogP contribution in [0.2, 0.25) is 0 Å². The molecular weight excluding hydrogens is 476 g/mol. The van der Waals surface area contributed by atoms with Gasteiger partial charge in [0, 0.05) is 30.6 Å². The molecule has 0 fully saturated rings. The Balaban J connectivity index is 1.98. The fraction of sp³-hybridized carbons (Fsp3) is 0.444. The molecule has 2 aromatic rings. The van der Waals surface area contributed by atoms with Crippen molar-refractivity contribution in [2.75, 3.05) is 42.0 Å². The van der Waals surface area contributed by atoms with Gasteiger partial charge in [0.15, 0.2) is 11.5 Å². The first kappa shape index (κ1) is 27.6. The third-order valence-electron chi connectivity index (χ3n) is 5.88. The fourth-order valence-corrected chi connectivity index (χ4v) is 4.02. The van der Waals surface area contributed by atoms with Gasteiger partial charge in [-0.1, -0.05) is 6.07 Å². The van der Waals surface area contributed by atoms with Gasteiger partial charge in [0.25, 0.3) is 5.91 Å². The Bertz CT molecular complexity index is 1170. The molecule has 10 heteroatoms. The van der Waals surface area contributed by atoms with Crippen molar-refractivity contribution in [2.45, 2.75) is 38.8 Å². The number of amides is 3. The SMILES string of the molecule is COc1ccc(C2=NN(C(=O)CN(C)C(=O)NC(C)(C)C)C(c3ccc(OC)c(OC)c3)C2)c(OC)c1. The maximum Gasteiger partial charge on any atom is 0.318 e. The van der Waals surface area contributed by atoms with Gasteiger partial charge < -0.3 is 29.2 Å². The highest BCUT2D eigenvalue weighted by atomic mass is 16.5. The summed E-state index contributed by atoms with van der Waals surface area (Å²) in [4.78, 5) is 27.5. The third kappa shape index (κ3) is 6.44. The molecule has 0 aliphatic carbocycles. The summed E-state index contributed by atoms with van der Waals surface area (Å²) in [5, 5.41) is 9.01. The zero-order chi connectivity index (χ0) is 27.3. The Kier molecular flexibility index (Phi) is 8.52.